The molecule has 0 aromatic heterocycles. The molecule has 0 fully saturated rings. The first-order chi connectivity index (χ1) is 8.83. The molecule has 0 saturated heterocycles. The Labute approximate surface area is 107 Å². The van der Waals surface area contributed by atoms with Gasteiger partial charge in [0, 0.05) is 11.1 Å². The lowest BCUT2D eigenvalue weighted by Gasteiger charge is -2.07. The Bertz CT molecular complexity index is 556. The van der Waals surface area contributed by atoms with Gasteiger partial charge in [-0.1, -0.05) is 60.7 Å². The van der Waals surface area contributed by atoms with E-state index in [1.54, 1.807) is 6.08 Å². The van der Waals surface area contributed by atoms with Crippen molar-refractivity contribution < 1.29 is 5.11 Å². The predicted octanol–water partition coefficient (Wildman–Crippen LogP) is 3.59. The minimum Gasteiger partial charge on any atom is -0.507 e. The fourth-order valence-corrected chi connectivity index (χ4v) is 1.78. The molecule has 2 aromatic rings. The molecule has 2 heteroatoms. The molecule has 3 N–H and O–H groups in total. The molecule has 2 rings (SSSR count). The average Bonchev–Trinajstić information content (AvgIpc) is 2.46. The summed E-state index contributed by atoms with van der Waals surface area (Å²) < 4.78 is 0. The number of allylic oxidation sites excluding steroid dienone is 2. The van der Waals surface area contributed by atoms with E-state index in [1.165, 1.54) is 6.20 Å². The third kappa shape index (κ3) is 2.61. The molecule has 90 valence electrons. The first-order valence-corrected chi connectivity index (χ1v) is 5.75. The number of benzene rings is 2. The van der Waals surface area contributed by atoms with Crippen molar-refractivity contribution in [3.63, 3.8) is 0 Å². The van der Waals surface area contributed by atoms with Crippen LogP contribution in [0.25, 0.3) is 11.3 Å². The first-order valence-electron chi connectivity index (χ1n) is 5.75. The fraction of sp³-hybridized carbons (Fsp3) is 0. The lowest BCUT2D eigenvalue weighted by molar-refractivity contribution is 0.514. The highest BCUT2D eigenvalue weighted by Gasteiger charge is 2.07. The molecular weight excluding hydrogens is 222 g/mol. The van der Waals surface area contributed by atoms with Crippen LogP contribution in [0.5, 0.6) is 0 Å². The number of aliphatic hydroxyl groups is 1. The van der Waals surface area contributed by atoms with Crippen LogP contribution in [-0.2, 0) is 0 Å². The highest BCUT2D eigenvalue weighted by Crippen LogP contribution is 2.25. The van der Waals surface area contributed by atoms with Crippen molar-refractivity contribution >= 4 is 11.3 Å². The molecule has 0 aliphatic carbocycles. The van der Waals surface area contributed by atoms with Crippen molar-refractivity contribution in [3.8, 4) is 0 Å². The predicted molar refractivity (Wildman–Crippen MR) is 75.7 cm³/mol. The van der Waals surface area contributed by atoms with Gasteiger partial charge in [0.25, 0.3) is 0 Å². The van der Waals surface area contributed by atoms with Gasteiger partial charge >= 0.3 is 0 Å². The van der Waals surface area contributed by atoms with Crippen molar-refractivity contribution in [2.75, 3.05) is 0 Å². The Balaban J connectivity index is 2.54. The molecule has 0 saturated carbocycles. The standard InChI is InChI=1S/C16H15NO/c17-12-11-15(13-7-3-1-4-8-13)16(18)14-9-5-2-6-10-14/h1-12,18H,17H2/b12-11+,16-15+. The first kappa shape index (κ1) is 12.0. The van der Waals surface area contributed by atoms with Crippen LogP contribution >= 0.6 is 0 Å². The molecule has 0 aliphatic rings. The van der Waals surface area contributed by atoms with E-state index in [4.69, 9.17) is 5.73 Å². The van der Waals surface area contributed by atoms with E-state index in [-0.39, 0.29) is 5.76 Å². The third-order valence-corrected chi connectivity index (χ3v) is 2.65. The lowest BCUT2D eigenvalue weighted by Crippen LogP contribution is -1.91. The van der Waals surface area contributed by atoms with Gasteiger partial charge in [-0.3, -0.25) is 0 Å². The average molecular weight is 237 g/mol. The summed E-state index contributed by atoms with van der Waals surface area (Å²) in [6.45, 7) is 0. The summed E-state index contributed by atoms with van der Waals surface area (Å²) in [4.78, 5) is 0. The van der Waals surface area contributed by atoms with Crippen molar-refractivity contribution in [3.05, 3.63) is 84.1 Å². The highest BCUT2D eigenvalue weighted by molar-refractivity contribution is 5.91. The summed E-state index contributed by atoms with van der Waals surface area (Å²) in [5.41, 5.74) is 7.87. The quantitative estimate of drug-likeness (QED) is 0.487. The summed E-state index contributed by atoms with van der Waals surface area (Å²) in [6.07, 6.45) is 3.14. The minimum atomic E-state index is 0.225. The molecule has 0 atom stereocenters. The van der Waals surface area contributed by atoms with Crippen LogP contribution in [0.15, 0.2) is 72.9 Å². The van der Waals surface area contributed by atoms with E-state index >= 15 is 0 Å². The van der Waals surface area contributed by atoms with Gasteiger partial charge in [0.15, 0.2) is 0 Å². The van der Waals surface area contributed by atoms with E-state index in [9.17, 15) is 5.11 Å². The Morgan fingerprint density at radius 2 is 1.33 bits per heavy atom. The molecule has 2 nitrogen and oxygen atoms in total. The molecule has 0 unspecified atom stereocenters. The van der Waals surface area contributed by atoms with Crippen molar-refractivity contribution in [2.24, 2.45) is 5.73 Å². The Hall–Kier alpha value is -2.48. The summed E-state index contributed by atoms with van der Waals surface area (Å²) in [6, 6.07) is 19.1. The summed E-state index contributed by atoms with van der Waals surface area (Å²) in [5.74, 6) is 0.225. The monoisotopic (exact) mass is 237 g/mol. The van der Waals surface area contributed by atoms with E-state index in [0.717, 1.165) is 11.1 Å². The van der Waals surface area contributed by atoms with Gasteiger partial charge in [0.2, 0.25) is 0 Å². The second kappa shape index (κ2) is 5.73. The maximum Gasteiger partial charge on any atom is 0.130 e. The number of hydrogen-bond donors (Lipinski definition) is 2. The van der Waals surface area contributed by atoms with Crippen LogP contribution in [0.4, 0.5) is 0 Å². The number of aliphatic hydroxyl groups excluding tert-OH is 1. The molecule has 0 aliphatic heterocycles. The van der Waals surface area contributed by atoms with Crippen LogP contribution in [0.2, 0.25) is 0 Å². The molecule has 2 aromatic carbocycles. The Kier molecular flexibility index (Phi) is 3.82. The van der Waals surface area contributed by atoms with Gasteiger partial charge in [0.05, 0.1) is 0 Å². The van der Waals surface area contributed by atoms with E-state index in [1.807, 2.05) is 60.7 Å². The zero-order valence-corrected chi connectivity index (χ0v) is 9.95. The maximum atomic E-state index is 10.3. The van der Waals surface area contributed by atoms with Crippen LogP contribution in [0.1, 0.15) is 11.1 Å². The molecule has 0 amide bonds. The molecular formula is C16H15NO. The topological polar surface area (TPSA) is 46.2 Å². The van der Waals surface area contributed by atoms with Crippen LogP contribution in [0, 0.1) is 0 Å². The van der Waals surface area contributed by atoms with Gasteiger partial charge in [0.1, 0.15) is 5.76 Å². The maximum absolute atomic E-state index is 10.3. The van der Waals surface area contributed by atoms with Crippen molar-refractivity contribution in [1.82, 2.24) is 0 Å². The van der Waals surface area contributed by atoms with Gasteiger partial charge < -0.3 is 10.8 Å². The van der Waals surface area contributed by atoms with Gasteiger partial charge in [-0.25, -0.2) is 0 Å². The summed E-state index contributed by atoms with van der Waals surface area (Å²) >= 11 is 0. The fourth-order valence-electron chi connectivity index (χ4n) is 1.78. The van der Waals surface area contributed by atoms with Gasteiger partial charge in [-0.2, -0.15) is 0 Å². The summed E-state index contributed by atoms with van der Waals surface area (Å²) in [5, 5.41) is 10.3. The largest absolute Gasteiger partial charge is 0.507 e. The van der Waals surface area contributed by atoms with Crippen LogP contribution in [0.3, 0.4) is 0 Å². The third-order valence-electron chi connectivity index (χ3n) is 2.65. The van der Waals surface area contributed by atoms with E-state index < -0.39 is 0 Å². The van der Waals surface area contributed by atoms with Crippen molar-refractivity contribution in [2.45, 2.75) is 0 Å². The van der Waals surface area contributed by atoms with Crippen LogP contribution in [-0.4, -0.2) is 5.11 Å². The van der Waals surface area contributed by atoms with E-state index in [2.05, 4.69) is 0 Å². The summed E-state index contributed by atoms with van der Waals surface area (Å²) in [7, 11) is 0. The zero-order valence-electron chi connectivity index (χ0n) is 9.95. The van der Waals surface area contributed by atoms with Crippen LogP contribution < -0.4 is 5.73 Å². The van der Waals surface area contributed by atoms with E-state index in [0.29, 0.717) is 5.57 Å². The van der Waals surface area contributed by atoms with Gasteiger partial charge in [-0.05, 0) is 17.8 Å². The second-order valence-electron chi connectivity index (χ2n) is 3.85. The highest BCUT2D eigenvalue weighted by atomic mass is 16.3. The molecule has 0 radical (unpaired) electrons. The van der Waals surface area contributed by atoms with Gasteiger partial charge in [-0.15, -0.1) is 0 Å². The molecule has 0 bridgehead atoms. The number of rotatable bonds is 3. The Morgan fingerprint density at radius 1 is 0.833 bits per heavy atom. The minimum absolute atomic E-state index is 0.225. The molecule has 18 heavy (non-hydrogen) atoms. The number of nitrogens with two attached hydrogens (primary N) is 1. The molecule has 0 heterocycles. The Morgan fingerprint density at radius 3 is 1.83 bits per heavy atom. The normalized spacial score (nSPS) is 12.4. The second-order valence-corrected chi connectivity index (χ2v) is 3.85. The zero-order chi connectivity index (χ0) is 12.8. The molecule has 0 spiro atoms. The SMILES string of the molecule is N/C=C/C(=C(\O)c1ccccc1)c1ccccc1. The van der Waals surface area contributed by atoms with Crippen molar-refractivity contribution in [1.29, 1.82) is 0 Å². The smallest absolute Gasteiger partial charge is 0.130 e. The lowest BCUT2D eigenvalue weighted by atomic mass is 10.0. The number of hydrogen-bond acceptors (Lipinski definition) is 2.